The third-order valence-corrected chi connectivity index (χ3v) is 5.04. The van der Waals surface area contributed by atoms with Crippen molar-refractivity contribution in [3.63, 3.8) is 0 Å². The number of hydrogen-bond donors (Lipinski definition) is 3. The lowest BCUT2D eigenvalue weighted by Crippen LogP contribution is -2.37. The molecule has 0 saturated carbocycles. The Kier molecular flexibility index (Phi) is 118. The first kappa shape index (κ1) is 57.8. The van der Waals surface area contributed by atoms with Crippen molar-refractivity contribution in [2.24, 2.45) is 0 Å². The van der Waals surface area contributed by atoms with E-state index in [0.29, 0.717) is 0 Å². The van der Waals surface area contributed by atoms with Gasteiger partial charge in [0.2, 0.25) is 0 Å². The summed E-state index contributed by atoms with van der Waals surface area (Å²) in [7, 11) is 4.92. The van der Waals surface area contributed by atoms with Gasteiger partial charge in [0.25, 0.3) is 0 Å². The molecular formula is C15H57N3Si3. The number of rotatable bonds is 3. The topological polar surface area (TPSA) is 36.1 Å². The van der Waals surface area contributed by atoms with Gasteiger partial charge in [0.05, 0.1) is 9.68 Å². The zero-order chi connectivity index (χ0) is 12.9. The zero-order valence-corrected chi connectivity index (χ0v) is 15.9. The van der Waals surface area contributed by atoms with Crippen molar-refractivity contribution in [3.05, 3.63) is 0 Å². The van der Waals surface area contributed by atoms with Crippen molar-refractivity contribution in [2.75, 3.05) is 21.1 Å². The molecule has 21 heavy (non-hydrogen) atoms. The average molecular weight is 364 g/mol. The third kappa shape index (κ3) is 165. The van der Waals surface area contributed by atoms with Gasteiger partial charge in [-0.1, -0.05) is 83.8 Å². The second kappa shape index (κ2) is 42.8. The van der Waals surface area contributed by atoms with E-state index in [-0.39, 0.29) is 54.2 Å². The SMILES string of the molecule is C.C.C.C.C.C.CN[SiH2]C.CN[SiH](C)C.CN[Si](C)(C)C. The largest absolute Gasteiger partial charge is 0.345 e. The van der Waals surface area contributed by atoms with Gasteiger partial charge >= 0.3 is 0 Å². The summed E-state index contributed by atoms with van der Waals surface area (Å²) in [5.41, 5.74) is 0. The Morgan fingerprint density at radius 3 is 0.905 bits per heavy atom. The molecule has 0 saturated heterocycles. The highest BCUT2D eigenvalue weighted by molar-refractivity contribution is 6.73. The minimum absolute atomic E-state index is 0. The summed E-state index contributed by atoms with van der Waals surface area (Å²) in [6, 6.07) is 0. The Morgan fingerprint density at radius 1 is 0.762 bits per heavy atom. The molecule has 0 unspecified atom stereocenters. The first-order chi connectivity index (χ1) is 6.74. The van der Waals surface area contributed by atoms with E-state index in [1.165, 1.54) is 0 Å². The second-order valence-corrected chi connectivity index (χ2v) is 14.0. The molecular weight excluding hydrogens is 306 g/mol. The smallest absolute Gasteiger partial charge is 0.116 e. The first-order valence-electron chi connectivity index (χ1n) is 5.75. The highest BCUT2D eigenvalue weighted by Crippen LogP contribution is 1.89. The minimum atomic E-state index is -0.881. The van der Waals surface area contributed by atoms with E-state index in [9.17, 15) is 0 Å². The number of hydrogen-bond acceptors (Lipinski definition) is 3. The first-order valence-corrected chi connectivity index (χ1v) is 14.3. The Bertz CT molecular complexity index is 107. The van der Waals surface area contributed by atoms with E-state index in [1.807, 2.05) is 21.1 Å². The van der Waals surface area contributed by atoms with Crippen LogP contribution in [0.25, 0.3) is 0 Å². The molecule has 0 amide bonds. The summed E-state index contributed by atoms with van der Waals surface area (Å²) < 4.78 is 0. The molecule has 0 aromatic rings. The predicted molar refractivity (Wildman–Crippen MR) is 124 cm³/mol. The molecule has 144 valence electrons. The fraction of sp³-hybridized carbons (Fsp3) is 1.00. The van der Waals surface area contributed by atoms with Crippen molar-refractivity contribution in [1.29, 1.82) is 0 Å². The van der Waals surface area contributed by atoms with E-state index < -0.39 is 17.2 Å². The molecule has 0 aromatic carbocycles. The lowest BCUT2D eigenvalue weighted by atomic mass is 11.6. The van der Waals surface area contributed by atoms with Crippen LogP contribution in [0.5, 0.6) is 0 Å². The van der Waals surface area contributed by atoms with E-state index in [4.69, 9.17) is 0 Å². The van der Waals surface area contributed by atoms with Gasteiger partial charge in [0.1, 0.15) is 17.2 Å². The molecule has 0 bridgehead atoms. The van der Waals surface area contributed by atoms with E-state index >= 15 is 0 Å². The van der Waals surface area contributed by atoms with Gasteiger partial charge < -0.3 is 14.9 Å². The van der Waals surface area contributed by atoms with Crippen LogP contribution in [0.15, 0.2) is 0 Å². The molecule has 3 N–H and O–H groups in total. The molecule has 0 atom stereocenters. The van der Waals surface area contributed by atoms with Crippen molar-refractivity contribution < 1.29 is 0 Å². The molecule has 0 aliphatic rings. The summed E-state index contributed by atoms with van der Waals surface area (Å²) >= 11 is 0. The Morgan fingerprint density at radius 2 is 0.905 bits per heavy atom. The van der Waals surface area contributed by atoms with Gasteiger partial charge in [-0.2, -0.15) is 0 Å². The lowest BCUT2D eigenvalue weighted by molar-refractivity contribution is 1.16. The van der Waals surface area contributed by atoms with Crippen LogP contribution in [0.2, 0.25) is 39.3 Å². The Balaban J connectivity index is -0.0000000130. The minimum Gasteiger partial charge on any atom is -0.345 e. The molecule has 0 fully saturated rings. The highest BCUT2D eigenvalue weighted by atomic mass is 28.3. The van der Waals surface area contributed by atoms with Crippen LogP contribution in [0.1, 0.15) is 44.6 Å². The summed E-state index contributed by atoms with van der Waals surface area (Å²) in [6.07, 6.45) is 0. The average Bonchev–Trinajstić information content (AvgIpc) is 2.18. The molecule has 6 heteroatoms. The van der Waals surface area contributed by atoms with Gasteiger partial charge in [-0.05, 0) is 21.1 Å². The van der Waals surface area contributed by atoms with Crippen molar-refractivity contribution in [2.45, 2.75) is 83.8 Å². The Hall–Kier alpha value is 0.531. The maximum absolute atomic E-state index is 3.24. The van der Waals surface area contributed by atoms with Crippen LogP contribution in [0.4, 0.5) is 0 Å². The fourth-order valence-electron chi connectivity index (χ4n) is 0. The lowest BCUT2D eigenvalue weighted by Gasteiger charge is -2.11. The van der Waals surface area contributed by atoms with Crippen LogP contribution in [-0.2, 0) is 0 Å². The maximum Gasteiger partial charge on any atom is 0.116 e. The van der Waals surface area contributed by atoms with Crippen LogP contribution >= 0.6 is 0 Å². The maximum atomic E-state index is 3.24. The summed E-state index contributed by atoms with van der Waals surface area (Å²) in [5, 5.41) is 0. The number of nitrogens with one attached hydrogen (secondary N) is 3. The summed E-state index contributed by atoms with van der Waals surface area (Å²) in [6.45, 7) is 13.5. The van der Waals surface area contributed by atoms with Crippen LogP contribution < -0.4 is 14.9 Å². The molecule has 0 heterocycles. The standard InChI is InChI=1S/C4H13NSi.C3H11NSi.C2H9NSi.6CH4/c1-5-6(2,3)4;1-4-5(2)3;1-3-4-2;;;;;;/h5H,1-4H3;4-5H,1-3H3;3H,4H2,1-2H3;6*1H4. The van der Waals surface area contributed by atoms with Gasteiger partial charge in [-0.15, -0.1) is 0 Å². The Labute approximate surface area is 147 Å². The van der Waals surface area contributed by atoms with Crippen LogP contribution in [-0.4, -0.2) is 48.0 Å². The highest BCUT2D eigenvalue weighted by Gasteiger charge is 2.06. The normalized spacial score (nSPS) is 7.71. The molecule has 0 aliphatic heterocycles. The van der Waals surface area contributed by atoms with Crippen molar-refractivity contribution in [3.8, 4) is 0 Å². The predicted octanol–water partition coefficient (Wildman–Crippen LogP) is 4.38. The molecule has 0 radical (unpaired) electrons. The molecule has 0 rings (SSSR count). The monoisotopic (exact) mass is 363 g/mol. The summed E-state index contributed by atoms with van der Waals surface area (Å²) in [4.78, 5) is 9.48. The van der Waals surface area contributed by atoms with Gasteiger partial charge in [-0.25, -0.2) is 0 Å². The van der Waals surface area contributed by atoms with Gasteiger partial charge in [0.15, 0.2) is 0 Å². The molecule has 0 aromatic heterocycles. The van der Waals surface area contributed by atoms with Crippen LogP contribution in [0.3, 0.4) is 0 Å². The van der Waals surface area contributed by atoms with Gasteiger partial charge in [-0.3, -0.25) is 0 Å². The van der Waals surface area contributed by atoms with Crippen LogP contribution in [0, 0.1) is 0 Å². The quantitative estimate of drug-likeness (QED) is 0.651. The zero-order valence-electron chi connectivity index (χ0n) is 12.3. The molecule has 0 spiro atoms. The molecule has 0 aliphatic carbocycles. The fourth-order valence-corrected chi connectivity index (χ4v) is 0. The van der Waals surface area contributed by atoms with E-state index in [2.05, 4.69) is 54.2 Å². The van der Waals surface area contributed by atoms with Gasteiger partial charge in [0, 0.05) is 0 Å². The molecule has 3 nitrogen and oxygen atoms in total. The second-order valence-electron chi connectivity index (χ2n) is 4.65. The van der Waals surface area contributed by atoms with E-state index in [0.717, 1.165) is 0 Å². The summed E-state index contributed by atoms with van der Waals surface area (Å²) in [5.74, 6) is 0. The van der Waals surface area contributed by atoms with E-state index in [1.54, 1.807) is 0 Å². The van der Waals surface area contributed by atoms with Crippen molar-refractivity contribution >= 4 is 26.9 Å². The third-order valence-electron chi connectivity index (χ3n) is 1.68. The van der Waals surface area contributed by atoms with Crippen molar-refractivity contribution in [1.82, 2.24) is 14.9 Å².